The van der Waals surface area contributed by atoms with Crippen molar-refractivity contribution in [1.29, 1.82) is 0 Å². The molecule has 0 bridgehead atoms. The molecule has 3 nitrogen and oxygen atoms in total. The molecule has 0 amide bonds. The first-order valence-electron chi connectivity index (χ1n) is 9.05. The number of carbonyl (C=O) groups is 1. The van der Waals surface area contributed by atoms with Crippen molar-refractivity contribution in [1.82, 2.24) is 0 Å². The average molecular weight is 322 g/mol. The summed E-state index contributed by atoms with van der Waals surface area (Å²) < 4.78 is 0. The molecule has 0 fully saturated rings. The molecular formula is C20H34O3. The van der Waals surface area contributed by atoms with Crippen LogP contribution in [0.2, 0.25) is 0 Å². The summed E-state index contributed by atoms with van der Waals surface area (Å²) in [5.41, 5.74) is 0. The van der Waals surface area contributed by atoms with Gasteiger partial charge in [0.1, 0.15) is 0 Å². The number of allylic oxidation sites excluding steroid dienone is 6. The fraction of sp³-hybridized carbons (Fsp3) is 0.650. The molecule has 0 aromatic heterocycles. The van der Waals surface area contributed by atoms with Crippen LogP contribution in [0.3, 0.4) is 0 Å². The van der Waals surface area contributed by atoms with Crippen molar-refractivity contribution < 1.29 is 15.0 Å². The van der Waals surface area contributed by atoms with E-state index in [1.165, 1.54) is 19.3 Å². The predicted octanol–water partition coefficient (Wildman–Crippen LogP) is 5.41. The second-order valence-electron chi connectivity index (χ2n) is 5.79. The van der Waals surface area contributed by atoms with Crippen LogP contribution in [0.25, 0.3) is 0 Å². The van der Waals surface area contributed by atoms with Crippen LogP contribution in [0.1, 0.15) is 77.0 Å². The quantitative estimate of drug-likeness (QED) is 0.295. The van der Waals surface area contributed by atoms with E-state index in [-0.39, 0.29) is 6.42 Å². The minimum Gasteiger partial charge on any atom is -0.481 e. The third kappa shape index (κ3) is 20.6. The molecule has 0 aliphatic rings. The largest absolute Gasteiger partial charge is 0.481 e. The number of carboxylic acid groups (broad SMARTS) is 1. The maximum absolute atomic E-state index is 10.3. The van der Waals surface area contributed by atoms with Crippen molar-refractivity contribution in [2.45, 2.75) is 77.0 Å². The van der Waals surface area contributed by atoms with Gasteiger partial charge in [-0.05, 0) is 64.2 Å². The fourth-order valence-electron chi connectivity index (χ4n) is 2.19. The standard InChI is InChI=1S/C20H34O3/c21-19-17-15-13-11-9-7-5-3-1-2-4-6-8-10-12-14-16-18-20(22)23/h4,6-7,9-10,12,21H,1-3,5,8,11,13-19H2,(H,22,23). The van der Waals surface area contributed by atoms with Crippen molar-refractivity contribution in [3.63, 3.8) is 0 Å². The maximum atomic E-state index is 10.3. The lowest BCUT2D eigenvalue weighted by Crippen LogP contribution is -1.92. The highest BCUT2D eigenvalue weighted by Gasteiger charge is 1.92. The Morgan fingerprint density at radius 3 is 1.65 bits per heavy atom. The van der Waals surface area contributed by atoms with Crippen LogP contribution in [0.4, 0.5) is 0 Å². The number of aliphatic hydroxyl groups is 1. The molecule has 2 N–H and O–H groups in total. The highest BCUT2D eigenvalue weighted by Crippen LogP contribution is 2.05. The molecule has 132 valence electrons. The van der Waals surface area contributed by atoms with Crippen LogP contribution >= 0.6 is 0 Å². The molecule has 0 spiro atoms. The monoisotopic (exact) mass is 322 g/mol. The summed E-state index contributed by atoms with van der Waals surface area (Å²) in [5, 5.41) is 17.2. The summed E-state index contributed by atoms with van der Waals surface area (Å²) in [4.78, 5) is 10.3. The zero-order valence-electron chi connectivity index (χ0n) is 14.5. The topological polar surface area (TPSA) is 57.5 Å². The lowest BCUT2D eigenvalue weighted by molar-refractivity contribution is -0.137. The van der Waals surface area contributed by atoms with E-state index in [0.717, 1.165) is 51.4 Å². The van der Waals surface area contributed by atoms with Crippen molar-refractivity contribution in [3.8, 4) is 0 Å². The minimum absolute atomic E-state index is 0.261. The van der Waals surface area contributed by atoms with Gasteiger partial charge in [-0.1, -0.05) is 42.9 Å². The van der Waals surface area contributed by atoms with Crippen molar-refractivity contribution in [3.05, 3.63) is 36.5 Å². The van der Waals surface area contributed by atoms with Gasteiger partial charge in [0.15, 0.2) is 0 Å². The van der Waals surface area contributed by atoms with Gasteiger partial charge in [-0.2, -0.15) is 0 Å². The van der Waals surface area contributed by atoms with E-state index in [1.807, 2.05) is 0 Å². The maximum Gasteiger partial charge on any atom is 0.303 e. The number of unbranched alkanes of at least 4 members (excludes halogenated alkanes) is 7. The highest BCUT2D eigenvalue weighted by molar-refractivity contribution is 5.66. The molecule has 0 unspecified atom stereocenters. The smallest absolute Gasteiger partial charge is 0.303 e. The number of rotatable bonds is 16. The van der Waals surface area contributed by atoms with Crippen LogP contribution in [-0.4, -0.2) is 22.8 Å². The minimum atomic E-state index is -0.713. The van der Waals surface area contributed by atoms with E-state index in [4.69, 9.17) is 10.2 Å². The van der Waals surface area contributed by atoms with Crippen molar-refractivity contribution in [2.75, 3.05) is 6.61 Å². The second kappa shape index (κ2) is 18.7. The number of aliphatic hydroxyl groups excluding tert-OH is 1. The molecule has 0 aromatic carbocycles. The molecule has 0 saturated heterocycles. The summed E-state index contributed by atoms with van der Waals surface area (Å²) in [6.07, 6.45) is 25.1. The summed E-state index contributed by atoms with van der Waals surface area (Å²) in [5.74, 6) is -0.713. The van der Waals surface area contributed by atoms with Crippen molar-refractivity contribution in [2.24, 2.45) is 0 Å². The van der Waals surface area contributed by atoms with Crippen molar-refractivity contribution >= 4 is 5.97 Å². The van der Waals surface area contributed by atoms with Crippen LogP contribution in [0, 0.1) is 0 Å². The van der Waals surface area contributed by atoms with Gasteiger partial charge in [-0.3, -0.25) is 4.79 Å². The average Bonchev–Trinajstić information content (AvgIpc) is 2.53. The van der Waals surface area contributed by atoms with Gasteiger partial charge in [0.2, 0.25) is 0 Å². The van der Waals surface area contributed by atoms with Crippen LogP contribution < -0.4 is 0 Å². The molecule has 3 heteroatoms. The Hall–Kier alpha value is -1.35. The summed E-state index contributed by atoms with van der Waals surface area (Å²) in [6, 6.07) is 0. The third-order valence-electron chi connectivity index (χ3n) is 3.55. The van der Waals surface area contributed by atoms with Crippen LogP contribution in [-0.2, 0) is 4.79 Å². The second-order valence-corrected chi connectivity index (χ2v) is 5.79. The Bertz CT molecular complexity index is 343. The van der Waals surface area contributed by atoms with Gasteiger partial charge in [0, 0.05) is 13.0 Å². The molecule has 0 aromatic rings. The predicted molar refractivity (Wildman–Crippen MR) is 97.5 cm³/mol. The Kier molecular flexibility index (Phi) is 17.6. The van der Waals surface area contributed by atoms with Crippen LogP contribution in [0.5, 0.6) is 0 Å². The van der Waals surface area contributed by atoms with Gasteiger partial charge in [0.05, 0.1) is 0 Å². The SMILES string of the molecule is O=C(O)CCCC=CCC=CCCCCC=CCCCCCO. The number of hydrogen-bond acceptors (Lipinski definition) is 2. The van der Waals surface area contributed by atoms with Crippen LogP contribution in [0.15, 0.2) is 36.5 Å². The lowest BCUT2D eigenvalue weighted by Gasteiger charge is -1.95. The molecule has 0 heterocycles. The zero-order chi connectivity index (χ0) is 17.0. The van der Waals surface area contributed by atoms with Gasteiger partial charge in [-0.15, -0.1) is 0 Å². The number of aliphatic carboxylic acids is 1. The molecule has 0 rings (SSSR count). The molecule has 0 radical (unpaired) electrons. The van der Waals surface area contributed by atoms with E-state index in [1.54, 1.807) is 0 Å². The molecular weight excluding hydrogens is 288 g/mol. The first-order valence-corrected chi connectivity index (χ1v) is 9.05. The molecule has 0 aliphatic heterocycles. The lowest BCUT2D eigenvalue weighted by atomic mass is 10.1. The molecule has 0 saturated carbocycles. The Labute approximate surface area is 141 Å². The number of carboxylic acids is 1. The van der Waals surface area contributed by atoms with E-state index >= 15 is 0 Å². The Morgan fingerprint density at radius 2 is 1.13 bits per heavy atom. The fourth-order valence-corrected chi connectivity index (χ4v) is 2.19. The summed E-state index contributed by atoms with van der Waals surface area (Å²) >= 11 is 0. The Balaban J connectivity index is 3.26. The first-order chi connectivity index (χ1) is 11.3. The normalized spacial score (nSPS) is 12.0. The van der Waals surface area contributed by atoms with E-state index < -0.39 is 5.97 Å². The van der Waals surface area contributed by atoms with Gasteiger partial charge < -0.3 is 10.2 Å². The number of hydrogen-bond donors (Lipinski definition) is 2. The van der Waals surface area contributed by atoms with E-state index in [0.29, 0.717) is 6.61 Å². The molecule has 0 atom stereocenters. The van der Waals surface area contributed by atoms with Gasteiger partial charge in [-0.25, -0.2) is 0 Å². The highest BCUT2D eigenvalue weighted by atomic mass is 16.4. The van der Waals surface area contributed by atoms with E-state index in [9.17, 15) is 4.79 Å². The zero-order valence-corrected chi connectivity index (χ0v) is 14.5. The van der Waals surface area contributed by atoms with Gasteiger partial charge >= 0.3 is 5.97 Å². The third-order valence-corrected chi connectivity index (χ3v) is 3.55. The first kappa shape index (κ1) is 21.6. The Morgan fingerprint density at radius 1 is 0.652 bits per heavy atom. The molecule has 0 aliphatic carbocycles. The molecule has 23 heavy (non-hydrogen) atoms. The van der Waals surface area contributed by atoms with E-state index in [2.05, 4.69) is 36.5 Å². The summed E-state index contributed by atoms with van der Waals surface area (Å²) in [6.45, 7) is 0.317. The van der Waals surface area contributed by atoms with Gasteiger partial charge in [0.25, 0.3) is 0 Å². The summed E-state index contributed by atoms with van der Waals surface area (Å²) in [7, 11) is 0.